The van der Waals surface area contributed by atoms with E-state index < -0.39 is 5.91 Å². The Balaban J connectivity index is 0.000000199. The van der Waals surface area contributed by atoms with Crippen LogP contribution in [0.2, 0.25) is 5.02 Å². The minimum Gasteiger partial charge on any atom is -0.382 e. The van der Waals surface area contributed by atoms with Gasteiger partial charge in [-0.15, -0.1) is 0 Å². The number of primary amides is 1. The lowest BCUT2D eigenvalue weighted by atomic mass is 10.1. The Morgan fingerprint density at radius 2 is 1.95 bits per heavy atom. The number of nitrogen functional groups attached to an aromatic ring is 1. The molecular formula is C27H32ClN7O2S. The van der Waals surface area contributed by atoms with E-state index in [1.54, 1.807) is 18.5 Å². The molecule has 1 aliphatic carbocycles. The van der Waals surface area contributed by atoms with Gasteiger partial charge < -0.3 is 20.8 Å². The molecule has 0 saturated heterocycles. The number of pyridine rings is 2. The van der Waals surface area contributed by atoms with Crippen molar-refractivity contribution in [3.63, 3.8) is 0 Å². The first-order valence-electron chi connectivity index (χ1n) is 12.3. The summed E-state index contributed by atoms with van der Waals surface area (Å²) in [6, 6.07) is 9.98. The highest BCUT2D eigenvalue weighted by molar-refractivity contribution is 7.99. The molecule has 38 heavy (non-hydrogen) atoms. The van der Waals surface area contributed by atoms with Crippen molar-refractivity contribution in [1.82, 2.24) is 19.5 Å². The second-order valence-corrected chi connectivity index (χ2v) is 9.24. The van der Waals surface area contributed by atoms with Crippen LogP contribution in [0.4, 0.5) is 11.5 Å². The standard InChI is InChI=1S/C14H14ClNO.C11H12N6OS.C2H6/c1-2-10-8-9-4-3-5-12(15)13(9)14(17)16(10)11-6-7-11;1-19-17-7-2-6(3-14-4-7)8-5-15-10(12)9(16-8)11(13)18;1-2/h3-5,8,11H,2,6-7H2,1H3;2-5,17H,1H3,(H2,12,15)(H2,13,18);1-2H3. The van der Waals surface area contributed by atoms with Crippen LogP contribution in [0.1, 0.15) is 55.8 Å². The van der Waals surface area contributed by atoms with E-state index in [2.05, 4.69) is 32.7 Å². The zero-order valence-electron chi connectivity index (χ0n) is 21.9. The summed E-state index contributed by atoms with van der Waals surface area (Å²) in [6.07, 6.45) is 9.79. The average molecular weight is 554 g/mol. The van der Waals surface area contributed by atoms with E-state index in [0.29, 0.717) is 27.7 Å². The van der Waals surface area contributed by atoms with Crippen molar-refractivity contribution in [3.05, 3.63) is 75.7 Å². The summed E-state index contributed by atoms with van der Waals surface area (Å²) in [4.78, 5) is 35.8. The monoisotopic (exact) mass is 553 g/mol. The van der Waals surface area contributed by atoms with E-state index in [1.807, 2.05) is 42.9 Å². The first kappa shape index (κ1) is 28.9. The van der Waals surface area contributed by atoms with Crippen molar-refractivity contribution in [2.75, 3.05) is 16.7 Å². The fraction of sp³-hybridized carbons (Fsp3) is 0.296. The molecule has 0 spiro atoms. The van der Waals surface area contributed by atoms with Crippen LogP contribution < -0.4 is 21.7 Å². The van der Waals surface area contributed by atoms with E-state index in [1.165, 1.54) is 18.1 Å². The molecule has 3 heterocycles. The van der Waals surface area contributed by atoms with Gasteiger partial charge in [-0.25, -0.2) is 9.97 Å². The molecule has 0 aliphatic heterocycles. The van der Waals surface area contributed by atoms with Gasteiger partial charge in [0, 0.05) is 29.8 Å². The number of carbonyl (C=O) groups is 1. The summed E-state index contributed by atoms with van der Waals surface area (Å²) in [5.41, 5.74) is 13.9. The lowest BCUT2D eigenvalue weighted by Gasteiger charge is -2.12. The number of aryl methyl sites for hydroxylation is 1. The molecule has 1 saturated carbocycles. The van der Waals surface area contributed by atoms with E-state index in [9.17, 15) is 9.59 Å². The third-order valence-corrected chi connectivity index (χ3v) is 6.43. The zero-order valence-corrected chi connectivity index (χ0v) is 23.4. The van der Waals surface area contributed by atoms with Gasteiger partial charge in [0.25, 0.3) is 11.5 Å². The van der Waals surface area contributed by atoms with Gasteiger partial charge >= 0.3 is 0 Å². The molecular weight excluding hydrogens is 522 g/mol. The highest BCUT2D eigenvalue weighted by Gasteiger charge is 2.27. The number of fused-ring (bicyclic) bond motifs is 1. The zero-order chi connectivity index (χ0) is 27.8. The summed E-state index contributed by atoms with van der Waals surface area (Å²) in [6.45, 7) is 6.09. The van der Waals surface area contributed by atoms with Crippen LogP contribution in [-0.4, -0.2) is 31.7 Å². The fourth-order valence-electron chi connectivity index (χ4n) is 3.86. The summed E-state index contributed by atoms with van der Waals surface area (Å²) in [5, 5.41) is 2.18. The molecule has 0 bridgehead atoms. The number of nitrogens with one attached hydrogen (secondary N) is 1. The van der Waals surface area contributed by atoms with Crippen molar-refractivity contribution in [2.45, 2.75) is 46.1 Å². The third kappa shape index (κ3) is 6.62. The minimum absolute atomic E-state index is 0.0163. The quantitative estimate of drug-likeness (QED) is 0.266. The Labute approximate surface area is 231 Å². The molecule has 1 fully saturated rings. The number of halogens is 1. The highest BCUT2D eigenvalue weighted by atomic mass is 35.5. The Hall–Kier alpha value is -3.63. The number of benzene rings is 1. The van der Waals surface area contributed by atoms with Crippen LogP contribution in [0, 0.1) is 0 Å². The largest absolute Gasteiger partial charge is 0.382 e. The Morgan fingerprint density at radius 1 is 1.21 bits per heavy atom. The van der Waals surface area contributed by atoms with Gasteiger partial charge in [-0.1, -0.05) is 56.5 Å². The second-order valence-electron chi connectivity index (χ2n) is 8.22. The van der Waals surface area contributed by atoms with E-state index >= 15 is 0 Å². The van der Waals surface area contributed by atoms with Gasteiger partial charge in [-0.3, -0.25) is 14.6 Å². The third-order valence-electron chi connectivity index (χ3n) is 5.67. The van der Waals surface area contributed by atoms with Crippen molar-refractivity contribution in [1.29, 1.82) is 0 Å². The summed E-state index contributed by atoms with van der Waals surface area (Å²) < 4.78 is 4.99. The predicted octanol–water partition coefficient (Wildman–Crippen LogP) is 5.49. The van der Waals surface area contributed by atoms with E-state index in [4.69, 9.17) is 23.1 Å². The predicted molar refractivity (Wildman–Crippen MR) is 158 cm³/mol. The van der Waals surface area contributed by atoms with Crippen molar-refractivity contribution >= 4 is 51.7 Å². The van der Waals surface area contributed by atoms with Crippen molar-refractivity contribution < 1.29 is 4.79 Å². The van der Waals surface area contributed by atoms with Crippen LogP contribution in [-0.2, 0) is 6.42 Å². The van der Waals surface area contributed by atoms with Crippen LogP contribution in [0.15, 0.2) is 53.7 Å². The van der Waals surface area contributed by atoms with Gasteiger partial charge in [0.15, 0.2) is 11.5 Å². The number of nitrogens with two attached hydrogens (primary N) is 2. The Kier molecular flexibility index (Phi) is 10.1. The average Bonchev–Trinajstić information content (AvgIpc) is 3.76. The van der Waals surface area contributed by atoms with Crippen molar-refractivity contribution in [2.24, 2.45) is 5.73 Å². The topological polar surface area (TPSA) is 142 Å². The molecule has 5 N–H and O–H groups in total. The molecule has 1 aromatic carbocycles. The van der Waals surface area contributed by atoms with Crippen LogP contribution in [0.3, 0.4) is 0 Å². The second kappa shape index (κ2) is 13.3. The maximum Gasteiger partial charge on any atom is 0.271 e. The van der Waals surface area contributed by atoms with Crippen molar-refractivity contribution in [3.8, 4) is 11.3 Å². The normalized spacial score (nSPS) is 12.1. The molecule has 4 aromatic rings. The number of amides is 1. The molecule has 5 rings (SSSR count). The lowest BCUT2D eigenvalue weighted by molar-refractivity contribution is 0.0996. The number of nitrogens with zero attached hydrogens (tertiary/aromatic N) is 4. The van der Waals surface area contributed by atoms with Crippen LogP contribution >= 0.6 is 23.5 Å². The Bertz CT molecular complexity index is 1490. The molecule has 9 nitrogen and oxygen atoms in total. The molecule has 0 radical (unpaired) electrons. The number of carbonyl (C=O) groups excluding carboxylic acids is 1. The van der Waals surface area contributed by atoms with Gasteiger partial charge in [-0.2, -0.15) is 0 Å². The summed E-state index contributed by atoms with van der Waals surface area (Å²) in [5.74, 6) is -0.694. The van der Waals surface area contributed by atoms with E-state index in [-0.39, 0.29) is 17.1 Å². The smallest absolute Gasteiger partial charge is 0.271 e. The number of hydrogen-bond acceptors (Lipinski definition) is 8. The van der Waals surface area contributed by atoms with Gasteiger partial charge in [0.2, 0.25) is 0 Å². The van der Waals surface area contributed by atoms with Crippen LogP contribution in [0.5, 0.6) is 0 Å². The fourth-order valence-corrected chi connectivity index (χ4v) is 4.47. The number of aromatic nitrogens is 4. The molecule has 200 valence electrons. The first-order chi connectivity index (χ1) is 18.3. The molecule has 11 heteroatoms. The molecule has 1 amide bonds. The Morgan fingerprint density at radius 3 is 2.58 bits per heavy atom. The first-order valence-corrected chi connectivity index (χ1v) is 13.9. The van der Waals surface area contributed by atoms with E-state index in [0.717, 1.165) is 36.0 Å². The molecule has 1 aliphatic rings. The SMILES string of the molecule is CC.CCc1cc2cccc(Cl)c2c(=O)n1C1CC1.CSNc1cncc(-c2cnc(N)c(C(N)=O)n2)c1. The lowest BCUT2D eigenvalue weighted by Crippen LogP contribution is -2.22. The highest BCUT2D eigenvalue weighted by Crippen LogP contribution is 2.36. The number of anilines is 2. The summed E-state index contributed by atoms with van der Waals surface area (Å²) >= 11 is 7.59. The maximum atomic E-state index is 12.5. The van der Waals surface area contributed by atoms with Gasteiger partial charge in [-0.05, 0) is 42.8 Å². The van der Waals surface area contributed by atoms with Gasteiger partial charge in [0.1, 0.15) is 0 Å². The minimum atomic E-state index is -0.710. The molecule has 3 aromatic heterocycles. The molecule has 0 unspecified atom stereocenters. The maximum absolute atomic E-state index is 12.5. The number of hydrogen-bond donors (Lipinski definition) is 3. The van der Waals surface area contributed by atoms with Gasteiger partial charge in [0.05, 0.1) is 34.2 Å². The molecule has 0 atom stereocenters. The summed E-state index contributed by atoms with van der Waals surface area (Å²) in [7, 11) is 0. The number of rotatable bonds is 6. The van der Waals surface area contributed by atoms with Crippen LogP contribution in [0.25, 0.3) is 22.0 Å².